The van der Waals surface area contributed by atoms with Crippen LogP contribution in [-0.2, 0) is 4.74 Å². The molecule has 0 bridgehead atoms. The maximum absolute atomic E-state index is 13.1. The summed E-state index contributed by atoms with van der Waals surface area (Å²) in [6.45, 7) is 21.0. The summed E-state index contributed by atoms with van der Waals surface area (Å²) in [4.78, 5) is 13.1. The van der Waals surface area contributed by atoms with Crippen molar-refractivity contribution in [3.8, 4) is 0 Å². The highest BCUT2D eigenvalue weighted by molar-refractivity contribution is 14.1. The molecule has 1 aromatic carbocycles. The molecule has 226 valence electrons. The number of rotatable bonds is 10. The van der Waals surface area contributed by atoms with Crippen LogP contribution in [0, 0.1) is 45.7 Å². The topological polar surface area (TPSA) is 26.3 Å². The van der Waals surface area contributed by atoms with Crippen molar-refractivity contribution in [1.29, 1.82) is 0 Å². The third-order valence-corrected chi connectivity index (χ3v) is 13.5. The van der Waals surface area contributed by atoms with Crippen molar-refractivity contribution in [3.63, 3.8) is 0 Å². The Kier molecular flexibility index (Phi) is 13.5. The maximum atomic E-state index is 13.1. The average Bonchev–Trinajstić information content (AvgIpc) is 3.25. The van der Waals surface area contributed by atoms with Gasteiger partial charge in [-0.05, 0) is 160 Å². The number of halogens is 3. The molecule has 1 aromatic rings. The second kappa shape index (κ2) is 15.7. The van der Waals surface area contributed by atoms with Gasteiger partial charge in [0.15, 0.2) is 0 Å². The zero-order chi connectivity index (χ0) is 30.5. The molecule has 6 atom stereocenters. The van der Waals surface area contributed by atoms with E-state index in [-0.39, 0.29) is 12.1 Å². The standard InChI is InChI=1S/C36H49I3O2/c1-9-18-36(8)31(25(6)11-10-23(4)22(2)3)16-17-32(36)26(7)12-14-27-19-29(15-13-24(27)5)41-35(40)30-20-28(37)21-33(38)34(30)39/h10-12,14,20-23,25,29,31-32H,5,9,13,15-19H2,1-4,6-8H3/b11-10+,26-12+,27-14-. The Morgan fingerprint density at radius 3 is 2.49 bits per heavy atom. The first-order chi connectivity index (χ1) is 19.3. The first-order valence-electron chi connectivity index (χ1n) is 15.4. The minimum atomic E-state index is -0.215. The molecule has 0 heterocycles. The van der Waals surface area contributed by atoms with Crippen molar-refractivity contribution in [1.82, 2.24) is 0 Å². The van der Waals surface area contributed by atoms with Crippen LogP contribution >= 0.6 is 67.8 Å². The molecule has 41 heavy (non-hydrogen) atoms. The van der Waals surface area contributed by atoms with E-state index in [0.29, 0.717) is 40.6 Å². The third kappa shape index (κ3) is 8.95. The fourth-order valence-corrected chi connectivity index (χ4v) is 9.40. The lowest BCUT2D eigenvalue weighted by Crippen LogP contribution is -2.32. The van der Waals surface area contributed by atoms with Gasteiger partial charge < -0.3 is 4.74 Å². The second-order valence-corrected chi connectivity index (χ2v) is 16.6. The van der Waals surface area contributed by atoms with Crippen LogP contribution in [0.2, 0.25) is 0 Å². The number of esters is 1. The molecule has 2 saturated carbocycles. The Morgan fingerprint density at radius 2 is 1.83 bits per heavy atom. The average molecular weight is 894 g/mol. The molecule has 0 N–H and O–H groups in total. The Labute approximate surface area is 291 Å². The molecule has 0 radical (unpaired) electrons. The number of ether oxygens (including phenoxy) is 1. The smallest absolute Gasteiger partial charge is 0.339 e. The highest BCUT2D eigenvalue weighted by Gasteiger charge is 2.47. The van der Waals surface area contributed by atoms with Crippen molar-refractivity contribution in [2.24, 2.45) is 35.0 Å². The number of benzene rings is 1. The fraction of sp³-hybridized carbons (Fsp3) is 0.583. The number of carbonyl (C=O) groups is 1. The normalized spacial score (nSPS) is 28.1. The lowest BCUT2D eigenvalue weighted by atomic mass is 9.65. The lowest BCUT2D eigenvalue weighted by molar-refractivity contribution is 0.0269. The number of hydrogen-bond acceptors (Lipinski definition) is 2. The van der Waals surface area contributed by atoms with Crippen LogP contribution in [0.1, 0.15) is 104 Å². The van der Waals surface area contributed by atoms with Gasteiger partial charge in [-0.3, -0.25) is 0 Å². The van der Waals surface area contributed by atoms with E-state index in [4.69, 9.17) is 4.74 Å². The molecule has 2 nitrogen and oxygen atoms in total. The van der Waals surface area contributed by atoms with E-state index in [1.807, 2.05) is 6.07 Å². The first kappa shape index (κ1) is 35.3. The monoisotopic (exact) mass is 894 g/mol. The van der Waals surface area contributed by atoms with Gasteiger partial charge in [0.2, 0.25) is 0 Å². The van der Waals surface area contributed by atoms with E-state index in [0.717, 1.165) is 30.0 Å². The predicted molar refractivity (Wildman–Crippen MR) is 200 cm³/mol. The molecule has 2 fully saturated rings. The third-order valence-electron chi connectivity index (χ3n) is 9.86. The van der Waals surface area contributed by atoms with Crippen LogP contribution in [0.25, 0.3) is 0 Å². The van der Waals surface area contributed by atoms with Gasteiger partial charge in [-0.2, -0.15) is 0 Å². The zero-order valence-corrected chi connectivity index (χ0v) is 32.5. The molecule has 0 amide bonds. The Bertz CT molecular complexity index is 1190. The van der Waals surface area contributed by atoms with E-state index in [1.165, 1.54) is 42.4 Å². The Hall–Kier alpha value is -0.160. The molecule has 2 aliphatic carbocycles. The van der Waals surface area contributed by atoms with Crippen LogP contribution in [0.5, 0.6) is 0 Å². The number of carbonyl (C=O) groups excluding carboxylic acids is 1. The van der Waals surface area contributed by atoms with Crippen molar-refractivity contribution in [2.75, 3.05) is 0 Å². The van der Waals surface area contributed by atoms with Crippen molar-refractivity contribution in [3.05, 3.63) is 76.0 Å². The minimum Gasteiger partial charge on any atom is -0.458 e. The summed E-state index contributed by atoms with van der Waals surface area (Å²) in [5, 5.41) is 0. The number of allylic oxidation sites excluding steroid dienone is 6. The second-order valence-electron chi connectivity index (χ2n) is 13.1. The summed E-state index contributed by atoms with van der Waals surface area (Å²) in [6, 6.07) is 4.02. The van der Waals surface area contributed by atoms with Gasteiger partial charge in [-0.15, -0.1) is 0 Å². The molecule has 3 rings (SSSR count). The molecule has 2 aliphatic rings. The van der Waals surface area contributed by atoms with Gasteiger partial charge >= 0.3 is 5.97 Å². The Morgan fingerprint density at radius 1 is 1.12 bits per heavy atom. The summed E-state index contributed by atoms with van der Waals surface area (Å²) in [5.74, 6) is 2.99. The van der Waals surface area contributed by atoms with E-state index < -0.39 is 0 Å². The molecule has 6 unspecified atom stereocenters. The number of hydrogen-bond donors (Lipinski definition) is 0. The van der Waals surface area contributed by atoms with Crippen LogP contribution in [-0.4, -0.2) is 12.1 Å². The molecule has 0 aromatic heterocycles. The van der Waals surface area contributed by atoms with Crippen LogP contribution in [0.4, 0.5) is 0 Å². The van der Waals surface area contributed by atoms with E-state index in [2.05, 4.69) is 153 Å². The molecule has 0 aliphatic heterocycles. The predicted octanol–water partition coefficient (Wildman–Crippen LogP) is 12.0. The van der Waals surface area contributed by atoms with Crippen LogP contribution < -0.4 is 0 Å². The summed E-state index contributed by atoms with van der Waals surface area (Å²) in [5.41, 5.74) is 4.87. The van der Waals surface area contributed by atoms with Gasteiger partial charge in [0.05, 0.1) is 5.56 Å². The summed E-state index contributed by atoms with van der Waals surface area (Å²) >= 11 is 6.81. The van der Waals surface area contributed by atoms with Gasteiger partial charge in [0.1, 0.15) is 6.10 Å². The van der Waals surface area contributed by atoms with Crippen molar-refractivity contribution in [2.45, 2.75) is 99.5 Å². The molecule has 5 heteroatoms. The SMILES string of the molecule is C=C1CCC(OC(=O)c2cc(I)cc(I)c2I)C/C1=C/C=C(\C)C1CCC(C(C)/C=C/C(C)C(C)C)C1(C)CCC. The van der Waals surface area contributed by atoms with Gasteiger partial charge in [0.25, 0.3) is 0 Å². The zero-order valence-electron chi connectivity index (χ0n) is 26.0. The minimum absolute atomic E-state index is 0.110. The molecule has 0 spiro atoms. The van der Waals surface area contributed by atoms with Gasteiger partial charge in [-0.25, -0.2) is 4.79 Å². The first-order valence-corrected chi connectivity index (χ1v) is 18.6. The van der Waals surface area contributed by atoms with E-state index in [1.54, 1.807) is 0 Å². The summed E-state index contributed by atoms with van der Waals surface area (Å²) in [7, 11) is 0. The fourth-order valence-electron chi connectivity index (χ4n) is 7.02. The van der Waals surface area contributed by atoms with Gasteiger partial charge in [0, 0.05) is 17.1 Å². The van der Waals surface area contributed by atoms with Crippen LogP contribution in [0.15, 0.2) is 59.7 Å². The maximum Gasteiger partial charge on any atom is 0.339 e. The van der Waals surface area contributed by atoms with E-state index >= 15 is 0 Å². The summed E-state index contributed by atoms with van der Waals surface area (Å²) in [6.07, 6.45) is 17.0. The van der Waals surface area contributed by atoms with Crippen molar-refractivity contribution < 1.29 is 9.53 Å². The molecular weight excluding hydrogens is 845 g/mol. The highest BCUT2D eigenvalue weighted by Crippen LogP contribution is 2.56. The molecule has 0 saturated heterocycles. The largest absolute Gasteiger partial charge is 0.458 e. The van der Waals surface area contributed by atoms with Gasteiger partial charge in [-0.1, -0.05) is 90.0 Å². The van der Waals surface area contributed by atoms with Crippen molar-refractivity contribution >= 4 is 73.7 Å². The highest BCUT2D eigenvalue weighted by atomic mass is 127. The van der Waals surface area contributed by atoms with Crippen LogP contribution in [0.3, 0.4) is 0 Å². The lowest BCUT2D eigenvalue weighted by Gasteiger charge is -2.40. The molecular formula is C36H49I3O2. The quantitative estimate of drug-likeness (QED) is 0.101. The Balaban J connectivity index is 1.75. The van der Waals surface area contributed by atoms with E-state index in [9.17, 15) is 4.79 Å². The summed E-state index contributed by atoms with van der Waals surface area (Å²) < 4.78 is 9.16.